The van der Waals surface area contributed by atoms with Crippen LogP contribution in [0.25, 0.3) is 0 Å². The molecule has 2 aromatic rings. The number of rotatable bonds is 6. The van der Waals surface area contributed by atoms with Crippen molar-refractivity contribution in [1.29, 1.82) is 0 Å². The van der Waals surface area contributed by atoms with Gasteiger partial charge in [-0.05, 0) is 49.3 Å². The molecule has 30 heavy (non-hydrogen) atoms. The number of halogens is 6. The third kappa shape index (κ3) is 4.74. The van der Waals surface area contributed by atoms with Gasteiger partial charge in [-0.15, -0.1) is 0 Å². The van der Waals surface area contributed by atoms with E-state index in [0.717, 1.165) is 12.8 Å². The van der Waals surface area contributed by atoms with Gasteiger partial charge in [0.2, 0.25) is 0 Å². The zero-order valence-corrected chi connectivity index (χ0v) is 16.3. The molecule has 1 fully saturated rings. The molecule has 1 saturated carbocycles. The Kier molecular flexibility index (Phi) is 6.36. The monoisotopic (exact) mass is 432 g/mol. The molecule has 0 aliphatic heterocycles. The number of aliphatic hydroxyl groups is 1. The molecule has 0 atom stereocenters. The number of hydrogen-bond donors (Lipinski definition) is 1. The van der Waals surface area contributed by atoms with Crippen LogP contribution in [-0.2, 0) is 11.7 Å². The Morgan fingerprint density at radius 3 is 2.00 bits per heavy atom. The lowest BCUT2D eigenvalue weighted by Crippen LogP contribution is -2.33. The highest BCUT2D eigenvalue weighted by molar-refractivity contribution is 5.33. The van der Waals surface area contributed by atoms with E-state index in [2.05, 4.69) is 4.74 Å². The van der Waals surface area contributed by atoms with E-state index in [1.54, 1.807) is 0 Å². The van der Waals surface area contributed by atoms with Crippen molar-refractivity contribution in [2.75, 3.05) is 0 Å². The maximum Gasteiger partial charge on any atom is 0.432 e. The Hall–Kier alpha value is -2.22. The first-order valence-corrected chi connectivity index (χ1v) is 9.79. The Labute approximate surface area is 170 Å². The van der Waals surface area contributed by atoms with Gasteiger partial charge in [0.05, 0.1) is 5.60 Å². The molecular formula is C22H22F6O2. The highest BCUT2D eigenvalue weighted by atomic mass is 19.3. The molecule has 1 aliphatic rings. The van der Waals surface area contributed by atoms with Gasteiger partial charge >= 0.3 is 6.11 Å². The molecule has 1 aliphatic carbocycles. The van der Waals surface area contributed by atoms with Crippen LogP contribution in [-0.4, -0.2) is 5.11 Å². The maximum absolute atomic E-state index is 14.5. The van der Waals surface area contributed by atoms with E-state index in [0.29, 0.717) is 49.1 Å². The van der Waals surface area contributed by atoms with E-state index in [1.165, 1.54) is 0 Å². The van der Waals surface area contributed by atoms with Gasteiger partial charge < -0.3 is 9.84 Å². The second kappa shape index (κ2) is 8.49. The molecule has 2 aromatic carbocycles. The van der Waals surface area contributed by atoms with Gasteiger partial charge in [0.1, 0.15) is 34.6 Å². The first-order chi connectivity index (χ1) is 14.0. The van der Waals surface area contributed by atoms with Crippen LogP contribution in [0.2, 0.25) is 0 Å². The number of alkyl halides is 2. The Morgan fingerprint density at radius 2 is 1.50 bits per heavy atom. The van der Waals surface area contributed by atoms with Crippen molar-refractivity contribution < 1.29 is 36.2 Å². The van der Waals surface area contributed by atoms with E-state index in [1.807, 2.05) is 6.92 Å². The molecular weight excluding hydrogens is 410 g/mol. The van der Waals surface area contributed by atoms with Crippen molar-refractivity contribution in [1.82, 2.24) is 0 Å². The summed E-state index contributed by atoms with van der Waals surface area (Å²) in [6.07, 6.45) is -0.683. The predicted molar refractivity (Wildman–Crippen MR) is 98.0 cm³/mol. The summed E-state index contributed by atoms with van der Waals surface area (Å²) >= 11 is 0. The first kappa shape index (κ1) is 22.5. The molecule has 0 heterocycles. The summed E-state index contributed by atoms with van der Waals surface area (Å²) in [5.41, 5.74) is -3.32. The molecule has 0 radical (unpaired) electrons. The molecule has 164 valence electrons. The molecule has 2 nitrogen and oxygen atoms in total. The second-order valence-corrected chi connectivity index (χ2v) is 7.80. The van der Waals surface area contributed by atoms with E-state index in [-0.39, 0.29) is 18.4 Å². The van der Waals surface area contributed by atoms with Crippen LogP contribution in [0.15, 0.2) is 30.3 Å². The fourth-order valence-electron chi connectivity index (χ4n) is 4.05. The molecule has 0 aromatic heterocycles. The van der Waals surface area contributed by atoms with Crippen LogP contribution >= 0.6 is 0 Å². The molecule has 0 spiro atoms. The topological polar surface area (TPSA) is 29.5 Å². The maximum atomic E-state index is 14.5. The fraction of sp³-hybridized carbons (Fsp3) is 0.455. The summed E-state index contributed by atoms with van der Waals surface area (Å²) in [5, 5.41) is 10.8. The largest absolute Gasteiger partial charge is 0.432 e. The van der Waals surface area contributed by atoms with Crippen molar-refractivity contribution >= 4 is 0 Å². The van der Waals surface area contributed by atoms with Crippen molar-refractivity contribution in [2.45, 2.75) is 57.2 Å². The van der Waals surface area contributed by atoms with E-state index in [4.69, 9.17) is 0 Å². The van der Waals surface area contributed by atoms with Crippen LogP contribution in [0.1, 0.15) is 56.6 Å². The van der Waals surface area contributed by atoms with Crippen LogP contribution in [0.3, 0.4) is 0 Å². The summed E-state index contributed by atoms with van der Waals surface area (Å²) in [5.74, 6) is -6.11. The van der Waals surface area contributed by atoms with Crippen LogP contribution in [0.5, 0.6) is 5.75 Å². The number of ether oxygens (including phenoxy) is 1. The minimum Gasteiger partial charge on any atom is -0.429 e. The Morgan fingerprint density at radius 1 is 0.967 bits per heavy atom. The zero-order valence-electron chi connectivity index (χ0n) is 16.3. The predicted octanol–water partition coefficient (Wildman–Crippen LogP) is 6.55. The fourth-order valence-corrected chi connectivity index (χ4v) is 4.05. The molecule has 0 bridgehead atoms. The summed E-state index contributed by atoms with van der Waals surface area (Å²) in [6.45, 7) is 2.05. The van der Waals surface area contributed by atoms with Gasteiger partial charge in [-0.3, -0.25) is 0 Å². The lowest BCUT2D eigenvalue weighted by molar-refractivity contribution is -0.189. The van der Waals surface area contributed by atoms with Gasteiger partial charge in [-0.1, -0.05) is 19.8 Å². The van der Waals surface area contributed by atoms with Crippen molar-refractivity contribution in [2.24, 2.45) is 5.92 Å². The van der Waals surface area contributed by atoms with Gasteiger partial charge in [-0.2, -0.15) is 8.78 Å². The highest BCUT2D eigenvalue weighted by Crippen LogP contribution is 2.43. The van der Waals surface area contributed by atoms with Crippen LogP contribution < -0.4 is 4.74 Å². The quantitative estimate of drug-likeness (QED) is 0.525. The van der Waals surface area contributed by atoms with Crippen molar-refractivity contribution in [3.8, 4) is 5.75 Å². The molecule has 3 rings (SSSR count). The van der Waals surface area contributed by atoms with Gasteiger partial charge in [-0.25, -0.2) is 17.6 Å². The van der Waals surface area contributed by atoms with E-state index >= 15 is 0 Å². The number of benzene rings is 2. The SMILES string of the molecule is CCCC1CCC(O)(c2cc(F)c(C(F)(F)Oc3cc(F)cc(F)c3)c(F)c2)CC1. The normalized spacial score (nSPS) is 22.2. The summed E-state index contributed by atoms with van der Waals surface area (Å²) in [7, 11) is 0. The lowest BCUT2D eigenvalue weighted by atomic mass is 9.74. The minimum atomic E-state index is -4.53. The minimum absolute atomic E-state index is 0.121. The molecule has 1 N–H and O–H groups in total. The van der Waals surface area contributed by atoms with Gasteiger partial charge in [0.15, 0.2) is 0 Å². The average molecular weight is 432 g/mol. The van der Waals surface area contributed by atoms with Crippen molar-refractivity contribution in [3.63, 3.8) is 0 Å². The third-order valence-corrected chi connectivity index (χ3v) is 5.58. The zero-order chi connectivity index (χ0) is 22.1. The van der Waals surface area contributed by atoms with Gasteiger partial charge in [0.25, 0.3) is 0 Å². The third-order valence-electron chi connectivity index (χ3n) is 5.58. The standard InChI is InChI=1S/C22H22F6O2/c1-2-3-13-4-6-21(29,7-5-13)14-8-18(25)20(19(26)9-14)22(27,28)30-17-11-15(23)10-16(24)12-17/h8-13,29H,2-7H2,1H3. The second-order valence-electron chi connectivity index (χ2n) is 7.80. The summed E-state index contributed by atoms with van der Waals surface area (Å²) in [4.78, 5) is 0. The molecule has 0 unspecified atom stereocenters. The van der Waals surface area contributed by atoms with E-state index in [9.17, 15) is 31.4 Å². The Bertz CT molecular complexity index is 863. The number of hydrogen-bond acceptors (Lipinski definition) is 2. The Balaban J connectivity index is 1.87. The van der Waals surface area contributed by atoms with Crippen LogP contribution in [0, 0.1) is 29.2 Å². The van der Waals surface area contributed by atoms with Crippen molar-refractivity contribution in [3.05, 3.63) is 64.7 Å². The summed E-state index contributed by atoms with van der Waals surface area (Å²) in [6, 6.07) is 2.72. The van der Waals surface area contributed by atoms with Gasteiger partial charge in [0, 0.05) is 18.2 Å². The smallest absolute Gasteiger partial charge is 0.429 e. The lowest BCUT2D eigenvalue weighted by Gasteiger charge is -2.36. The first-order valence-electron chi connectivity index (χ1n) is 9.79. The highest BCUT2D eigenvalue weighted by Gasteiger charge is 2.43. The average Bonchev–Trinajstić information content (AvgIpc) is 2.61. The van der Waals surface area contributed by atoms with E-state index < -0.39 is 46.3 Å². The molecule has 0 amide bonds. The summed E-state index contributed by atoms with van der Waals surface area (Å²) < 4.78 is 88.5. The van der Waals surface area contributed by atoms with Crippen LogP contribution in [0.4, 0.5) is 26.3 Å². The molecule has 8 heteroatoms. The molecule has 0 saturated heterocycles.